The average Bonchev–Trinajstić information content (AvgIpc) is 2.96. The van der Waals surface area contributed by atoms with Gasteiger partial charge in [-0.15, -0.1) is 11.8 Å². The minimum absolute atomic E-state index is 0.179. The Hall–Kier alpha value is -1.99. The van der Waals surface area contributed by atoms with Gasteiger partial charge in [0.1, 0.15) is 0 Å². The molecular weight excluding hydrogens is 465 g/mol. The summed E-state index contributed by atoms with van der Waals surface area (Å²) in [5, 5.41) is 0.675. The van der Waals surface area contributed by atoms with E-state index in [9.17, 15) is 9.59 Å². The first-order valence-electron chi connectivity index (χ1n) is 10.5. The molecule has 32 heavy (non-hydrogen) atoms. The zero-order valence-electron chi connectivity index (χ0n) is 18.3. The van der Waals surface area contributed by atoms with Crippen molar-refractivity contribution >= 4 is 52.5 Å². The van der Waals surface area contributed by atoms with E-state index in [2.05, 4.69) is 23.0 Å². The SMILES string of the molecule is C\C=C/C=C\C(=C\N1CCCN(C)CC1)\C=C1/SCC(=O)N(c2ccc(Cl)c(Cl)c2)C1=O. The number of hydrogen-bond acceptors (Lipinski definition) is 5. The Labute approximate surface area is 204 Å². The van der Waals surface area contributed by atoms with Gasteiger partial charge in [0.05, 0.1) is 26.4 Å². The molecule has 0 aliphatic carbocycles. The maximum absolute atomic E-state index is 13.2. The quantitative estimate of drug-likeness (QED) is 0.324. The molecule has 2 amide bonds. The van der Waals surface area contributed by atoms with Crippen LogP contribution in [0.25, 0.3) is 0 Å². The minimum Gasteiger partial charge on any atom is -0.376 e. The molecule has 5 nitrogen and oxygen atoms in total. The molecule has 170 valence electrons. The van der Waals surface area contributed by atoms with E-state index in [-0.39, 0.29) is 17.6 Å². The first-order chi connectivity index (χ1) is 15.4. The third kappa shape index (κ3) is 6.51. The summed E-state index contributed by atoms with van der Waals surface area (Å²) in [6.45, 7) is 5.91. The third-order valence-electron chi connectivity index (χ3n) is 5.15. The normalized spacial score (nSPS) is 20.8. The number of thioether (sulfide) groups is 1. The van der Waals surface area contributed by atoms with Crippen molar-refractivity contribution < 1.29 is 9.59 Å². The Morgan fingerprint density at radius 3 is 2.62 bits per heavy atom. The summed E-state index contributed by atoms with van der Waals surface area (Å²) in [4.78, 5) is 32.1. The van der Waals surface area contributed by atoms with Crippen molar-refractivity contribution in [2.45, 2.75) is 13.3 Å². The molecule has 0 aromatic heterocycles. The molecule has 0 radical (unpaired) electrons. The van der Waals surface area contributed by atoms with Crippen LogP contribution in [-0.2, 0) is 9.59 Å². The van der Waals surface area contributed by atoms with Crippen LogP contribution in [0, 0.1) is 0 Å². The Bertz CT molecular complexity index is 987. The number of carbonyl (C=O) groups is 2. The van der Waals surface area contributed by atoms with E-state index in [0.29, 0.717) is 20.6 Å². The molecule has 8 heteroatoms. The Morgan fingerprint density at radius 2 is 1.88 bits per heavy atom. The molecule has 2 heterocycles. The highest BCUT2D eigenvalue weighted by atomic mass is 35.5. The van der Waals surface area contributed by atoms with E-state index < -0.39 is 0 Å². The van der Waals surface area contributed by atoms with Gasteiger partial charge >= 0.3 is 0 Å². The maximum Gasteiger partial charge on any atom is 0.271 e. The van der Waals surface area contributed by atoms with Crippen LogP contribution in [0.5, 0.6) is 0 Å². The number of imide groups is 1. The second-order valence-electron chi connectivity index (χ2n) is 7.64. The fourth-order valence-corrected chi connectivity index (χ4v) is 4.58. The average molecular weight is 492 g/mol. The van der Waals surface area contributed by atoms with Gasteiger partial charge in [-0.05, 0) is 56.8 Å². The van der Waals surface area contributed by atoms with E-state index in [1.165, 1.54) is 16.7 Å². The predicted octanol–water partition coefficient (Wildman–Crippen LogP) is 5.14. The molecule has 2 aliphatic rings. The number of anilines is 1. The van der Waals surface area contributed by atoms with Crippen LogP contribution in [0.15, 0.2) is 65.3 Å². The molecule has 0 saturated carbocycles. The van der Waals surface area contributed by atoms with Crippen molar-refractivity contribution in [1.82, 2.24) is 9.80 Å². The van der Waals surface area contributed by atoms with Crippen molar-refractivity contribution in [2.75, 3.05) is 43.9 Å². The second-order valence-corrected chi connectivity index (χ2v) is 9.47. The van der Waals surface area contributed by atoms with Gasteiger partial charge in [-0.3, -0.25) is 9.59 Å². The van der Waals surface area contributed by atoms with Gasteiger partial charge in [-0.2, -0.15) is 0 Å². The number of hydrogen-bond donors (Lipinski definition) is 0. The maximum atomic E-state index is 13.2. The predicted molar refractivity (Wildman–Crippen MR) is 135 cm³/mol. The summed E-state index contributed by atoms with van der Waals surface area (Å²) >= 11 is 13.4. The number of allylic oxidation sites excluding steroid dienone is 6. The summed E-state index contributed by atoms with van der Waals surface area (Å²) in [6.07, 6.45) is 12.9. The highest BCUT2D eigenvalue weighted by molar-refractivity contribution is 8.04. The first kappa shape index (κ1) is 24.6. The molecule has 0 unspecified atom stereocenters. The van der Waals surface area contributed by atoms with Crippen LogP contribution in [0.4, 0.5) is 5.69 Å². The number of likely N-dealkylation sites (N-methyl/N-ethyl adjacent to an activating group) is 1. The topological polar surface area (TPSA) is 43.9 Å². The Balaban J connectivity index is 1.91. The number of rotatable bonds is 5. The summed E-state index contributed by atoms with van der Waals surface area (Å²) in [7, 11) is 2.13. The van der Waals surface area contributed by atoms with E-state index >= 15 is 0 Å². The van der Waals surface area contributed by atoms with Gasteiger partial charge in [0.2, 0.25) is 5.91 Å². The zero-order chi connectivity index (χ0) is 23.1. The standard InChI is InChI=1S/C24H27Cl2N3O2S/c1-3-4-5-7-18(16-28-11-6-10-27(2)12-13-28)14-22-24(31)29(23(30)17-32-22)19-8-9-20(25)21(26)15-19/h3-5,7-9,14-16H,6,10-13,17H2,1-2H3/b4-3-,7-5-,18-16-,22-14-. The molecule has 1 aromatic rings. The lowest BCUT2D eigenvalue weighted by molar-refractivity contribution is -0.123. The molecular formula is C24H27Cl2N3O2S. The van der Waals surface area contributed by atoms with Gasteiger partial charge in [0.15, 0.2) is 0 Å². The van der Waals surface area contributed by atoms with Gasteiger partial charge in [-0.25, -0.2) is 4.90 Å². The van der Waals surface area contributed by atoms with Crippen molar-refractivity contribution in [3.63, 3.8) is 0 Å². The van der Waals surface area contributed by atoms with Crippen molar-refractivity contribution in [3.05, 3.63) is 75.3 Å². The van der Waals surface area contributed by atoms with Gasteiger partial charge in [0.25, 0.3) is 5.91 Å². The van der Waals surface area contributed by atoms with E-state index in [1.807, 2.05) is 37.3 Å². The van der Waals surface area contributed by atoms with Crippen LogP contribution in [0.2, 0.25) is 10.0 Å². The molecule has 0 atom stereocenters. The van der Waals surface area contributed by atoms with E-state index in [0.717, 1.165) is 38.2 Å². The minimum atomic E-state index is -0.356. The lowest BCUT2D eigenvalue weighted by Gasteiger charge is -2.26. The Morgan fingerprint density at radius 1 is 1.06 bits per heavy atom. The largest absolute Gasteiger partial charge is 0.376 e. The van der Waals surface area contributed by atoms with Crippen LogP contribution in [0.3, 0.4) is 0 Å². The number of benzene rings is 1. The Kier molecular flexibility index (Phi) is 9.05. The van der Waals surface area contributed by atoms with E-state index in [1.54, 1.807) is 18.2 Å². The monoisotopic (exact) mass is 491 g/mol. The number of amides is 2. The lowest BCUT2D eigenvalue weighted by Crippen LogP contribution is -2.42. The summed E-state index contributed by atoms with van der Waals surface area (Å²) in [6, 6.07) is 4.77. The molecule has 2 fully saturated rings. The van der Waals surface area contributed by atoms with Crippen molar-refractivity contribution in [2.24, 2.45) is 0 Å². The van der Waals surface area contributed by atoms with E-state index in [4.69, 9.17) is 23.2 Å². The number of carbonyl (C=O) groups excluding carboxylic acids is 2. The molecule has 3 rings (SSSR count). The van der Waals surface area contributed by atoms with Crippen LogP contribution in [-0.4, -0.2) is 60.6 Å². The lowest BCUT2D eigenvalue weighted by atomic mass is 10.2. The van der Waals surface area contributed by atoms with Gasteiger partial charge in [0, 0.05) is 25.8 Å². The van der Waals surface area contributed by atoms with Crippen LogP contribution < -0.4 is 4.90 Å². The van der Waals surface area contributed by atoms with Crippen LogP contribution in [0.1, 0.15) is 13.3 Å². The first-order valence-corrected chi connectivity index (χ1v) is 12.2. The molecule has 0 bridgehead atoms. The summed E-state index contributed by atoms with van der Waals surface area (Å²) < 4.78 is 0. The van der Waals surface area contributed by atoms with Crippen molar-refractivity contribution in [1.29, 1.82) is 0 Å². The fraction of sp³-hybridized carbons (Fsp3) is 0.333. The smallest absolute Gasteiger partial charge is 0.271 e. The highest BCUT2D eigenvalue weighted by Crippen LogP contribution is 2.33. The fourth-order valence-electron chi connectivity index (χ4n) is 3.44. The van der Waals surface area contributed by atoms with Crippen LogP contribution >= 0.6 is 35.0 Å². The summed E-state index contributed by atoms with van der Waals surface area (Å²) in [5.74, 6) is -0.454. The van der Waals surface area contributed by atoms with Crippen molar-refractivity contribution in [3.8, 4) is 0 Å². The summed E-state index contributed by atoms with van der Waals surface area (Å²) in [5.41, 5.74) is 1.33. The van der Waals surface area contributed by atoms with Gasteiger partial charge in [-0.1, -0.05) is 47.5 Å². The zero-order valence-corrected chi connectivity index (χ0v) is 20.6. The third-order valence-corrected chi connectivity index (χ3v) is 6.89. The number of halogens is 2. The molecule has 1 aromatic carbocycles. The second kappa shape index (κ2) is 11.8. The van der Waals surface area contributed by atoms with Gasteiger partial charge < -0.3 is 9.80 Å². The molecule has 2 saturated heterocycles. The number of nitrogens with zero attached hydrogens (tertiary/aromatic N) is 3. The molecule has 2 aliphatic heterocycles. The molecule has 0 spiro atoms. The molecule has 0 N–H and O–H groups in total. The highest BCUT2D eigenvalue weighted by Gasteiger charge is 2.32.